The highest BCUT2D eigenvalue weighted by Crippen LogP contribution is 2.17. The van der Waals surface area contributed by atoms with Crippen molar-refractivity contribution >= 4 is 28.8 Å². The number of thiocarbonyl (C=S) groups is 1. The number of methoxy groups -OCH3 is 1. The van der Waals surface area contributed by atoms with Crippen LogP contribution < -0.4 is 15.8 Å². The van der Waals surface area contributed by atoms with E-state index in [4.69, 9.17) is 27.4 Å². The molecule has 0 bridgehead atoms. The molecule has 0 heterocycles. The summed E-state index contributed by atoms with van der Waals surface area (Å²) < 4.78 is 10.2. The molecule has 0 saturated heterocycles. The molecule has 0 atom stereocenters. The van der Waals surface area contributed by atoms with Gasteiger partial charge in [0, 0.05) is 18.9 Å². The summed E-state index contributed by atoms with van der Waals surface area (Å²) in [4.78, 5) is 11.8. The predicted octanol–water partition coefficient (Wildman–Crippen LogP) is 1.33. The van der Waals surface area contributed by atoms with Gasteiger partial charge in [-0.05, 0) is 12.1 Å². The second-order valence-electron chi connectivity index (χ2n) is 3.57. The van der Waals surface area contributed by atoms with Crippen LogP contribution in [0.1, 0.15) is 6.42 Å². The molecule has 1 amide bonds. The second-order valence-corrected chi connectivity index (χ2v) is 4.10. The normalized spacial score (nSPS) is 9.83. The molecule has 0 aromatic heterocycles. The lowest BCUT2D eigenvalue weighted by molar-refractivity contribution is -0.117. The number of carbonyl (C=O) groups is 1. The Morgan fingerprint density at radius 2 is 2.28 bits per heavy atom. The molecule has 0 fully saturated rings. The van der Waals surface area contributed by atoms with Gasteiger partial charge in [-0.25, -0.2) is 0 Å². The largest absolute Gasteiger partial charge is 0.486 e. The number of hydrogen-bond acceptors (Lipinski definition) is 4. The highest BCUT2D eigenvalue weighted by Gasteiger charge is 2.03. The Balaban J connectivity index is 2.53. The summed E-state index contributed by atoms with van der Waals surface area (Å²) in [7, 11) is 1.55. The molecule has 0 spiro atoms. The van der Waals surface area contributed by atoms with Crippen molar-refractivity contribution < 1.29 is 14.3 Å². The van der Waals surface area contributed by atoms with E-state index in [1.165, 1.54) is 0 Å². The van der Waals surface area contributed by atoms with Crippen molar-refractivity contribution in [1.29, 1.82) is 0 Å². The number of benzene rings is 1. The van der Waals surface area contributed by atoms with E-state index in [-0.39, 0.29) is 17.5 Å². The van der Waals surface area contributed by atoms with Crippen LogP contribution in [0.4, 0.5) is 5.69 Å². The maximum atomic E-state index is 11.5. The SMILES string of the molecule is COCCC(=O)Nc1cccc(OCC(N)=S)c1. The zero-order valence-electron chi connectivity index (χ0n) is 10.1. The number of rotatable bonds is 7. The zero-order chi connectivity index (χ0) is 13.4. The third-order valence-corrected chi connectivity index (χ3v) is 2.15. The van der Waals surface area contributed by atoms with Crippen LogP contribution in [0, 0.1) is 0 Å². The fourth-order valence-electron chi connectivity index (χ4n) is 1.24. The Kier molecular flexibility index (Phi) is 6.10. The van der Waals surface area contributed by atoms with E-state index >= 15 is 0 Å². The third-order valence-electron chi connectivity index (χ3n) is 2.03. The maximum absolute atomic E-state index is 11.5. The molecule has 6 heteroatoms. The van der Waals surface area contributed by atoms with Crippen molar-refractivity contribution in [1.82, 2.24) is 0 Å². The van der Waals surface area contributed by atoms with Crippen LogP contribution in [0.5, 0.6) is 5.75 Å². The number of nitrogens with one attached hydrogen (secondary N) is 1. The van der Waals surface area contributed by atoms with Gasteiger partial charge in [-0.2, -0.15) is 0 Å². The molecule has 1 aromatic rings. The lowest BCUT2D eigenvalue weighted by Crippen LogP contribution is -2.18. The number of nitrogens with two attached hydrogens (primary N) is 1. The molecule has 3 N–H and O–H groups in total. The highest BCUT2D eigenvalue weighted by molar-refractivity contribution is 7.80. The lowest BCUT2D eigenvalue weighted by Gasteiger charge is -2.08. The number of carbonyl (C=O) groups excluding carboxylic acids is 1. The predicted molar refractivity (Wildman–Crippen MR) is 73.8 cm³/mol. The molecule has 98 valence electrons. The molecular formula is C12H16N2O3S. The van der Waals surface area contributed by atoms with Crippen molar-refractivity contribution in [3.63, 3.8) is 0 Å². The molecule has 0 saturated carbocycles. The zero-order valence-corrected chi connectivity index (χ0v) is 11.0. The molecule has 0 aliphatic heterocycles. The van der Waals surface area contributed by atoms with Gasteiger partial charge < -0.3 is 20.5 Å². The number of anilines is 1. The summed E-state index contributed by atoms with van der Waals surface area (Å²) in [6, 6.07) is 7.03. The standard InChI is InChI=1S/C12H16N2O3S/c1-16-6-5-12(15)14-9-3-2-4-10(7-9)17-8-11(13)18/h2-4,7H,5-6,8H2,1H3,(H2,13,18)(H,14,15). The minimum atomic E-state index is -0.108. The van der Waals surface area contributed by atoms with Gasteiger partial charge in [-0.15, -0.1) is 0 Å². The maximum Gasteiger partial charge on any atom is 0.226 e. The fraction of sp³-hybridized carbons (Fsp3) is 0.333. The van der Waals surface area contributed by atoms with E-state index in [0.29, 0.717) is 24.5 Å². The molecule has 0 aliphatic carbocycles. The first kappa shape index (κ1) is 14.4. The van der Waals surface area contributed by atoms with E-state index in [2.05, 4.69) is 5.32 Å². The van der Waals surface area contributed by atoms with Crippen LogP contribution >= 0.6 is 12.2 Å². The van der Waals surface area contributed by atoms with Gasteiger partial charge in [0.2, 0.25) is 5.91 Å². The number of ether oxygens (including phenoxy) is 2. The Labute approximate surface area is 111 Å². The van der Waals surface area contributed by atoms with Crippen LogP contribution in [0.2, 0.25) is 0 Å². The van der Waals surface area contributed by atoms with Crippen LogP contribution in [-0.2, 0) is 9.53 Å². The third kappa shape index (κ3) is 5.60. The molecule has 0 aliphatic rings. The van der Waals surface area contributed by atoms with E-state index in [9.17, 15) is 4.79 Å². The smallest absolute Gasteiger partial charge is 0.226 e. The molecule has 0 radical (unpaired) electrons. The fourth-order valence-corrected chi connectivity index (χ4v) is 1.30. The first-order valence-corrected chi connectivity index (χ1v) is 5.82. The first-order valence-electron chi connectivity index (χ1n) is 5.42. The van der Waals surface area contributed by atoms with Crippen molar-refractivity contribution in [2.45, 2.75) is 6.42 Å². The van der Waals surface area contributed by atoms with E-state index in [1.807, 2.05) is 0 Å². The Morgan fingerprint density at radius 1 is 1.50 bits per heavy atom. The van der Waals surface area contributed by atoms with Gasteiger partial charge in [-0.1, -0.05) is 18.3 Å². The van der Waals surface area contributed by atoms with E-state index < -0.39 is 0 Å². The summed E-state index contributed by atoms with van der Waals surface area (Å²) in [5.74, 6) is 0.496. The van der Waals surface area contributed by atoms with Gasteiger partial charge in [0.05, 0.1) is 13.0 Å². The van der Waals surface area contributed by atoms with Crippen molar-refractivity contribution in [3.05, 3.63) is 24.3 Å². The lowest BCUT2D eigenvalue weighted by atomic mass is 10.3. The average Bonchev–Trinajstić information content (AvgIpc) is 2.34. The van der Waals surface area contributed by atoms with E-state index in [1.54, 1.807) is 31.4 Å². The summed E-state index contributed by atoms with van der Waals surface area (Å²) in [5, 5.41) is 2.74. The van der Waals surface area contributed by atoms with E-state index in [0.717, 1.165) is 0 Å². The van der Waals surface area contributed by atoms with Gasteiger partial charge in [0.15, 0.2) is 0 Å². The molecule has 5 nitrogen and oxygen atoms in total. The summed E-state index contributed by atoms with van der Waals surface area (Å²) in [6.45, 7) is 0.569. The Bertz CT molecular complexity index is 424. The minimum absolute atomic E-state index is 0.108. The average molecular weight is 268 g/mol. The number of amides is 1. The molecule has 1 rings (SSSR count). The molecule has 1 aromatic carbocycles. The molecular weight excluding hydrogens is 252 g/mol. The van der Waals surface area contributed by atoms with Crippen LogP contribution in [0.25, 0.3) is 0 Å². The van der Waals surface area contributed by atoms with Crippen molar-refractivity contribution in [3.8, 4) is 5.75 Å². The quantitative estimate of drug-likeness (QED) is 0.730. The summed E-state index contributed by atoms with van der Waals surface area (Å²) in [5.41, 5.74) is 6.00. The Hall–Kier alpha value is -1.66. The van der Waals surface area contributed by atoms with Gasteiger partial charge in [-0.3, -0.25) is 4.79 Å². The summed E-state index contributed by atoms with van der Waals surface area (Å²) in [6.07, 6.45) is 0.314. The first-order chi connectivity index (χ1) is 8.61. The van der Waals surface area contributed by atoms with Crippen LogP contribution in [0.3, 0.4) is 0 Å². The molecule has 18 heavy (non-hydrogen) atoms. The Morgan fingerprint density at radius 3 is 2.94 bits per heavy atom. The summed E-state index contributed by atoms with van der Waals surface area (Å²) >= 11 is 4.71. The van der Waals surface area contributed by atoms with Crippen molar-refractivity contribution in [2.75, 3.05) is 25.6 Å². The number of hydrogen-bond donors (Lipinski definition) is 2. The van der Waals surface area contributed by atoms with Gasteiger partial charge in [0.25, 0.3) is 0 Å². The van der Waals surface area contributed by atoms with Gasteiger partial charge in [0.1, 0.15) is 17.3 Å². The van der Waals surface area contributed by atoms with Crippen LogP contribution in [0.15, 0.2) is 24.3 Å². The van der Waals surface area contributed by atoms with Gasteiger partial charge >= 0.3 is 0 Å². The second kappa shape index (κ2) is 7.62. The monoisotopic (exact) mass is 268 g/mol. The highest BCUT2D eigenvalue weighted by atomic mass is 32.1. The molecule has 0 unspecified atom stereocenters. The van der Waals surface area contributed by atoms with Crippen molar-refractivity contribution in [2.24, 2.45) is 5.73 Å². The van der Waals surface area contributed by atoms with Crippen LogP contribution in [-0.4, -0.2) is 31.2 Å². The topological polar surface area (TPSA) is 73.6 Å². The minimum Gasteiger partial charge on any atom is -0.486 e.